The maximum Gasteiger partial charge on any atom is 0.0116 e. The molecule has 66 valence electrons. The van der Waals surface area contributed by atoms with Gasteiger partial charge in [-0.3, -0.25) is 0 Å². The molecule has 0 amide bonds. The van der Waals surface area contributed by atoms with Crippen molar-refractivity contribution in [1.29, 1.82) is 0 Å². The first-order valence-corrected chi connectivity index (χ1v) is 4.94. The summed E-state index contributed by atoms with van der Waals surface area (Å²) < 4.78 is 0.349. The lowest BCUT2D eigenvalue weighted by molar-refractivity contribution is 0.545. The minimum absolute atomic E-state index is 0.318. The summed E-state index contributed by atoms with van der Waals surface area (Å²) in [5.41, 5.74) is 0.318. The molecule has 0 fully saturated rings. The van der Waals surface area contributed by atoms with E-state index in [0.29, 0.717) is 10.2 Å². The lowest BCUT2D eigenvalue weighted by Gasteiger charge is -2.16. The predicted octanol–water partition coefficient (Wildman–Crippen LogP) is 4.08. The van der Waals surface area contributed by atoms with E-state index < -0.39 is 0 Å². The van der Waals surface area contributed by atoms with Crippen molar-refractivity contribution in [3.05, 3.63) is 11.5 Å². The third kappa shape index (κ3) is 10.1. The van der Waals surface area contributed by atoms with Crippen molar-refractivity contribution in [2.75, 3.05) is 0 Å². The van der Waals surface area contributed by atoms with Crippen molar-refractivity contribution in [1.82, 2.24) is 0 Å². The van der Waals surface area contributed by atoms with Crippen molar-refractivity contribution >= 4 is 11.8 Å². The van der Waals surface area contributed by atoms with E-state index in [9.17, 15) is 0 Å². The zero-order valence-electron chi connectivity index (χ0n) is 8.56. The number of hydrogen-bond acceptors (Lipinski definition) is 1. The Bertz CT molecular complexity index is 132. The van der Waals surface area contributed by atoms with Crippen LogP contribution in [0.4, 0.5) is 0 Å². The van der Waals surface area contributed by atoms with Gasteiger partial charge in [0, 0.05) is 4.75 Å². The fraction of sp³-hybridized carbons (Fsp3) is 0.800. The van der Waals surface area contributed by atoms with E-state index in [-0.39, 0.29) is 0 Å². The highest BCUT2D eigenvalue weighted by atomic mass is 32.2. The van der Waals surface area contributed by atoms with Gasteiger partial charge in [0.05, 0.1) is 0 Å². The molecule has 0 aromatic carbocycles. The number of allylic oxidation sites excluding steroid dienone is 1. The highest BCUT2D eigenvalue weighted by molar-refractivity contribution is 8.03. The van der Waals surface area contributed by atoms with Gasteiger partial charge in [-0.2, -0.15) is 0 Å². The molecule has 0 rings (SSSR count). The molecule has 0 aromatic rings. The van der Waals surface area contributed by atoms with E-state index >= 15 is 0 Å². The Labute approximate surface area is 75.5 Å². The first-order chi connectivity index (χ1) is 4.71. The van der Waals surface area contributed by atoms with Crippen LogP contribution in [0.2, 0.25) is 0 Å². The van der Waals surface area contributed by atoms with E-state index in [1.165, 1.54) is 0 Å². The second kappa shape index (κ2) is 3.66. The summed E-state index contributed by atoms with van der Waals surface area (Å²) in [6.07, 6.45) is 2.25. The quantitative estimate of drug-likeness (QED) is 0.574. The molecule has 0 aliphatic rings. The normalized spacial score (nSPS) is 14.4. The third-order valence-electron chi connectivity index (χ3n) is 0.990. The van der Waals surface area contributed by atoms with Crippen molar-refractivity contribution < 1.29 is 0 Å². The second-order valence-electron chi connectivity index (χ2n) is 4.90. The molecule has 0 heterocycles. The summed E-state index contributed by atoms with van der Waals surface area (Å²) in [6.45, 7) is 13.3. The zero-order valence-corrected chi connectivity index (χ0v) is 9.38. The predicted molar refractivity (Wildman–Crippen MR) is 55.9 cm³/mol. The molecular formula is C10H20S. The molecular weight excluding hydrogens is 152 g/mol. The highest BCUT2D eigenvalue weighted by Crippen LogP contribution is 2.26. The van der Waals surface area contributed by atoms with E-state index in [2.05, 4.69) is 53.0 Å². The summed E-state index contributed by atoms with van der Waals surface area (Å²) in [6, 6.07) is 0. The Morgan fingerprint density at radius 2 is 1.36 bits per heavy atom. The summed E-state index contributed by atoms with van der Waals surface area (Å²) in [4.78, 5) is 0. The standard InChI is InChI=1S/C10H20S/c1-9(2,3)7-8-11-10(4,5)6/h7-8H,1-6H3. The molecule has 11 heavy (non-hydrogen) atoms. The first-order valence-electron chi connectivity index (χ1n) is 4.06. The van der Waals surface area contributed by atoms with Crippen LogP contribution in [0.5, 0.6) is 0 Å². The molecule has 0 atom stereocenters. The lowest BCUT2D eigenvalue weighted by Crippen LogP contribution is -2.05. The zero-order chi connectivity index (χ0) is 9.12. The van der Waals surface area contributed by atoms with Gasteiger partial charge in [-0.1, -0.05) is 47.6 Å². The van der Waals surface area contributed by atoms with Gasteiger partial charge in [0.2, 0.25) is 0 Å². The molecule has 0 saturated heterocycles. The summed E-state index contributed by atoms with van der Waals surface area (Å²) in [7, 11) is 0. The van der Waals surface area contributed by atoms with Gasteiger partial charge < -0.3 is 0 Å². The monoisotopic (exact) mass is 172 g/mol. The van der Waals surface area contributed by atoms with Crippen molar-refractivity contribution in [3.63, 3.8) is 0 Å². The smallest absolute Gasteiger partial charge is 0.0116 e. The molecule has 0 saturated carbocycles. The minimum Gasteiger partial charge on any atom is -0.128 e. The van der Waals surface area contributed by atoms with Crippen LogP contribution in [0, 0.1) is 5.41 Å². The average molecular weight is 172 g/mol. The molecule has 0 N–H and O–H groups in total. The summed E-state index contributed by atoms with van der Waals surface area (Å²) in [5.74, 6) is 0. The maximum absolute atomic E-state index is 2.25. The number of hydrogen-bond donors (Lipinski definition) is 0. The van der Waals surface area contributed by atoms with Crippen LogP contribution in [0.25, 0.3) is 0 Å². The van der Waals surface area contributed by atoms with Gasteiger partial charge in [0.25, 0.3) is 0 Å². The van der Waals surface area contributed by atoms with Gasteiger partial charge in [-0.05, 0) is 10.8 Å². The fourth-order valence-electron chi connectivity index (χ4n) is 0.442. The third-order valence-corrected chi connectivity index (χ3v) is 1.97. The molecule has 0 radical (unpaired) electrons. The summed E-state index contributed by atoms with van der Waals surface area (Å²) in [5, 5.41) is 2.21. The molecule has 0 unspecified atom stereocenters. The Hall–Kier alpha value is 0.0900. The molecule has 0 spiro atoms. The molecule has 0 aromatic heterocycles. The molecule has 0 aliphatic heterocycles. The number of rotatable bonds is 1. The molecule has 0 bridgehead atoms. The second-order valence-corrected chi connectivity index (χ2v) is 6.63. The van der Waals surface area contributed by atoms with Crippen molar-refractivity contribution in [2.24, 2.45) is 5.41 Å². The largest absolute Gasteiger partial charge is 0.128 e. The highest BCUT2D eigenvalue weighted by Gasteiger charge is 2.09. The summed E-state index contributed by atoms with van der Waals surface area (Å²) >= 11 is 1.88. The van der Waals surface area contributed by atoms with Crippen LogP contribution in [0.3, 0.4) is 0 Å². The minimum atomic E-state index is 0.318. The SMILES string of the molecule is CC(C)(C)C=CSC(C)(C)C. The Morgan fingerprint density at radius 3 is 1.64 bits per heavy atom. The van der Waals surface area contributed by atoms with Gasteiger partial charge in [0.1, 0.15) is 0 Å². The van der Waals surface area contributed by atoms with E-state index in [1.807, 2.05) is 11.8 Å². The molecule has 0 aliphatic carbocycles. The van der Waals surface area contributed by atoms with E-state index in [1.54, 1.807) is 0 Å². The Morgan fingerprint density at radius 1 is 0.909 bits per heavy atom. The molecule has 1 heteroatoms. The van der Waals surface area contributed by atoms with Crippen LogP contribution in [-0.4, -0.2) is 4.75 Å². The van der Waals surface area contributed by atoms with Crippen LogP contribution in [0.15, 0.2) is 11.5 Å². The number of thioether (sulfide) groups is 1. The van der Waals surface area contributed by atoms with Crippen molar-refractivity contribution in [3.8, 4) is 0 Å². The Balaban J connectivity index is 3.80. The van der Waals surface area contributed by atoms with Gasteiger partial charge in [-0.25, -0.2) is 0 Å². The van der Waals surface area contributed by atoms with E-state index in [4.69, 9.17) is 0 Å². The van der Waals surface area contributed by atoms with Crippen LogP contribution < -0.4 is 0 Å². The Kier molecular flexibility index (Phi) is 3.69. The van der Waals surface area contributed by atoms with Crippen LogP contribution in [-0.2, 0) is 0 Å². The van der Waals surface area contributed by atoms with Crippen LogP contribution >= 0.6 is 11.8 Å². The van der Waals surface area contributed by atoms with Gasteiger partial charge >= 0.3 is 0 Å². The van der Waals surface area contributed by atoms with Crippen LogP contribution in [0.1, 0.15) is 41.5 Å². The first kappa shape index (κ1) is 11.1. The molecule has 0 nitrogen and oxygen atoms in total. The van der Waals surface area contributed by atoms with Crippen molar-refractivity contribution in [2.45, 2.75) is 46.3 Å². The van der Waals surface area contributed by atoms with Gasteiger partial charge in [0.15, 0.2) is 0 Å². The fourth-order valence-corrected chi connectivity index (χ4v) is 1.33. The lowest BCUT2D eigenvalue weighted by atomic mass is 9.98. The topological polar surface area (TPSA) is 0 Å². The maximum atomic E-state index is 2.25. The average Bonchev–Trinajstić information content (AvgIpc) is 1.55. The van der Waals surface area contributed by atoms with Gasteiger partial charge in [-0.15, -0.1) is 11.8 Å². The van der Waals surface area contributed by atoms with E-state index in [0.717, 1.165) is 0 Å².